The van der Waals surface area contributed by atoms with Crippen molar-refractivity contribution >= 4 is 23.6 Å². The normalized spacial score (nSPS) is 21.1. The van der Waals surface area contributed by atoms with Crippen molar-refractivity contribution in [2.24, 2.45) is 0 Å². The van der Waals surface area contributed by atoms with Crippen LogP contribution in [0, 0.1) is 0 Å². The molecule has 4 rings (SSSR count). The number of fused-ring (bicyclic) bond motifs is 3. The molecule has 2 amide bonds. The molecule has 28 heavy (non-hydrogen) atoms. The Labute approximate surface area is 168 Å². The molecule has 0 bridgehead atoms. The van der Waals surface area contributed by atoms with Gasteiger partial charge in [0.15, 0.2) is 11.5 Å². The smallest absolute Gasteiger partial charge is 0.260 e. The first kappa shape index (κ1) is 18.7. The molecule has 0 aliphatic carbocycles. The van der Waals surface area contributed by atoms with Gasteiger partial charge in [-0.1, -0.05) is 36.4 Å². The van der Waals surface area contributed by atoms with Crippen molar-refractivity contribution in [2.75, 3.05) is 20.0 Å². The molecule has 1 N–H and O–H groups in total. The van der Waals surface area contributed by atoms with E-state index in [0.717, 1.165) is 11.1 Å². The second-order valence-corrected chi connectivity index (χ2v) is 7.93. The Morgan fingerprint density at radius 3 is 2.61 bits per heavy atom. The first-order valence-corrected chi connectivity index (χ1v) is 10.2. The minimum absolute atomic E-state index is 0.132. The van der Waals surface area contributed by atoms with E-state index in [-0.39, 0.29) is 23.2 Å². The molecular weight excluding hydrogens is 376 g/mol. The maximum Gasteiger partial charge on any atom is 0.260 e. The summed E-state index contributed by atoms with van der Waals surface area (Å²) in [5.41, 5.74) is 2.40. The molecule has 0 saturated carbocycles. The Hall–Kier alpha value is -2.67. The number of methoxy groups -OCH3 is 2. The number of hydrogen-bond donors (Lipinski definition) is 1. The van der Waals surface area contributed by atoms with Crippen LogP contribution in [0.2, 0.25) is 0 Å². The van der Waals surface area contributed by atoms with Crippen LogP contribution in [-0.4, -0.2) is 42.7 Å². The lowest BCUT2D eigenvalue weighted by atomic mass is 10.1. The summed E-state index contributed by atoms with van der Waals surface area (Å²) in [4.78, 5) is 27.8. The summed E-state index contributed by atoms with van der Waals surface area (Å²) < 4.78 is 10.8. The molecule has 3 atom stereocenters. The van der Waals surface area contributed by atoms with Crippen molar-refractivity contribution in [3.63, 3.8) is 0 Å². The van der Waals surface area contributed by atoms with Crippen LogP contribution in [-0.2, 0) is 4.79 Å². The van der Waals surface area contributed by atoms with Gasteiger partial charge < -0.3 is 19.7 Å². The van der Waals surface area contributed by atoms with Crippen LogP contribution in [0.15, 0.2) is 42.5 Å². The number of rotatable bonds is 5. The average Bonchev–Trinajstić information content (AvgIpc) is 3.28. The zero-order valence-corrected chi connectivity index (χ0v) is 16.8. The van der Waals surface area contributed by atoms with Gasteiger partial charge in [-0.05, 0) is 18.6 Å². The third-order valence-corrected chi connectivity index (χ3v) is 6.56. The van der Waals surface area contributed by atoms with Crippen LogP contribution in [0.5, 0.6) is 11.5 Å². The molecule has 1 fully saturated rings. The standard InChI is InChI=1S/C21H22N2O4S/c1-12(13-7-5-4-6-8-13)22-19(24)15-11-28-21-14-9-10-16(26-2)18(27-3)17(14)20(25)23(15)21/h4-10,12,15,21H,11H2,1-3H3,(H,22,24)/t12-,15+,21-/m0/s1. The lowest BCUT2D eigenvalue weighted by Crippen LogP contribution is -2.46. The molecule has 0 aromatic heterocycles. The van der Waals surface area contributed by atoms with Gasteiger partial charge in [-0.2, -0.15) is 0 Å². The third kappa shape index (κ3) is 2.90. The summed E-state index contributed by atoms with van der Waals surface area (Å²) in [6.45, 7) is 1.95. The number of hydrogen-bond acceptors (Lipinski definition) is 5. The van der Waals surface area contributed by atoms with Gasteiger partial charge in [0.2, 0.25) is 5.91 Å². The topological polar surface area (TPSA) is 67.9 Å². The van der Waals surface area contributed by atoms with Gasteiger partial charge in [0, 0.05) is 11.3 Å². The molecule has 2 aromatic rings. The maximum absolute atomic E-state index is 13.2. The van der Waals surface area contributed by atoms with E-state index in [1.54, 1.807) is 29.8 Å². The maximum atomic E-state index is 13.2. The number of thioether (sulfide) groups is 1. The number of amides is 2. The van der Waals surface area contributed by atoms with Crippen molar-refractivity contribution in [3.8, 4) is 11.5 Å². The highest BCUT2D eigenvalue weighted by Gasteiger charge is 2.50. The van der Waals surface area contributed by atoms with Crippen LogP contribution in [0.1, 0.15) is 39.8 Å². The van der Waals surface area contributed by atoms with Gasteiger partial charge >= 0.3 is 0 Å². The van der Waals surface area contributed by atoms with Gasteiger partial charge in [-0.15, -0.1) is 11.8 Å². The van der Waals surface area contributed by atoms with E-state index in [4.69, 9.17) is 9.47 Å². The molecule has 7 heteroatoms. The molecule has 2 aliphatic heterocycles. The summed E-state index contributed by atoms with van der Waals surface area (Å²) in [5, 5.41) is 2.87. The SMILES string of the molecule is COc1ccc2c(c1OC)C(=O)N1[C@@H](C(=O)N[C@@H](C)c3ccccc3)CS[C@@H]21. The molecule has 2 aliphatic rings. The van der Waals surface area contributed by atoms with E-state index >= 15 is 0 Å². The largest absolute Gasteiger partial charge is 0.493 e. The fraction of sp³-hybridized carbons (Fsp3) is 0.333. The highest BCUT2D eigenvalue weighted by molar-refractivity contribution is 7.99. The zero-order valence-electron chi connectivity index (χ0n) is 16.0. The Kier molecular flexibility index (Phi) is 4.93. The first-order chi connectivity index (χ1) is 13.6. The number of ether oxygens (including phenoxy) is 2. The zero-order chi connectivity index (χ0) is 19.8. The fourth-order valence-corrected chi connectivity index (χ4v) is 5.28. The van der Waals surface area contributed by atoms with E-state index in [9.17, 15) is 9.59 Å². The van der Waals surface area contributed by atoms with Crippen molar-refractivity contribution in [1.29, 1.82) is 0 Å². The number of carbonyl (C=O) groups is 2. The van der Waals surface area contributed by atoms with Crippen LogP contribution in [0.4, 0.5) is 0 Å². The minimum Gasteiger partial charge on any atom is -0.493 e. The average molecular weight is 398 g/mol. The van der Waals surface area contributed by atoms with Gasteiger partial charge in [-0.3, -0.25) is 9.59 Å². The second-order valence-electron chi connectivity index (χ2n) is 6.82. The molecule has 146 valence electrons. The molecule has 2 aromatic carbocycles. The molecule has 0 radical (unpaired) electrons. The summed E-state index contributed by atoms with van der Waals surface area (Å²) in [5.74, 6) is 1.18. The van der Waals surface area contributed by atoms with Crippen molar-refractivity contribution < 1.29 is 19.1 Å². The summed E-state index contributed by atoms with van der Waals surface area (Å²) in [6.07, 6.45) is 0. The third-order valence-electron chi connectivity index (χ3n) is 5.25. The quantitative estimate of drug-likeness (QED) is 0.838. The number of nitrogens with one attached hydrogen (secondary N) is 1. The van der Waals surface area contributed by atoms with Crippen LogP contribution >= 0.6 is 11.8 Å². The molecule has 0 unspecified atom stereocenters. The number of nitrogens with zero attached hydrogens (tertiary/aromatic N) is 1. The van der Waals surface area contributed by atoms with Crippen LogP contribution in [0.3, 0.4) is 0 Å². The van der Waals surface area contributed by atoms with Gasteiger partial charge in [0.25, 0.3) is 5.91 Å². The lowest BCUT2D eigenvalue weighted by molar-refractivity contribution is -0.125. The molecular formula is C21H22N2O4S. The summed E-state index contributed by atoms with van der Waals surface area (Å²) >= 11 is 1.60. The fourth-order valence-electron chi connectivity index (χ4n) is 3.83. The number of benzene rings is 2. The van der Waals surface area contributed by atoms with E-state index in [2.05, 4.69) is 5.32 Å². The van der Waals surface area contributed by atoms with E-state index < -0.39 is 6.04 Å². The minimum atomic E-state index is -0.517. The van der Waals surface area contributed by atoms with Gasteiger partial charge in [-0.25, -0.2) is 0 Å². The molecule has 2 heterocycles. The van der Waals surface area contributed by atoms with E-state index in [1.165, 1.54) is 7.11 Å². The Morgan fingerprint density at radius 2 is 1.93 bits per heavy atom. The summed E-state index contributed by atoms with van der Waals surface area (Å²) in [7, 11) is 3.06. The predicted molar refractivity (Wildman–Crippen MR) is 108 cm³/mol. The van der Waals surface area contributed by atoms with Crippen LogP contribution < -0.4 is 14.8 Å². The molecule has 1 saturated heterocycles. The highest BCUT2D eigenvalue weighted by atomic mass is 32.2. The van der Waals surface area contributed by atoms with E-state index in [1.807, 2.05) is 43.3 Å². The lowest BCUT2D eigenvalue weighted by Gasteiger charge is -2.24. The van der Waals surface area contributed by atoms with Crippen molar-refractivity contribution in [1.82, 2.24) is 10.2 Å². The van der Waals surface area contributed by atoms with Crippen molar-refractivity contribution in [3.05, 3.63) is 59.2 Å². The van der Waals surface area contributed by atoms with E-state index in [0.29, 0.717) is 22.8 Å². The first-order valence-electron chi connectivity index (χ1n) is 9.11. The number of carbonyl (C=O) groups excluding carboxylic acids is 2. The Morgan fingerprint density at radius 1 is 1.18 bits per heavy atom. The Bertz CT molecular complexity index is 918. The predicted octanol–water partition coefficient (Wildman–Crippen LogP) is 3.15. The molecule has 6 nitrogen and oxygen atoms in total. The molecule has 0 spiro atoms. The van der Waals surface area contributed by atoms with Gasteiger partial charge in [0.1, 0.15) is 11.4 Å². The second kappa shape index (κ2) is 7.39. The highest BCUT2D eigenvalue weighted by Crippen LogP contribution is 2.52. The van der Waals surface area contributed by atoms with Crippen molar-refractivity contribution in [2.45, 2.75) is 24.4 Å². The van der Waals surface area contributed by atoms with Gasteiger partial charge in [0.05, 0.1) is 25.8 Å². The monoisotopic (exact) mass is 398 g/mol. The van der Waals surface area contributed by atoms with Crippen LogP contribution in [0.25, 0.3) is 0 Å². The summed E-state index contributed by atoms with van der Waals surface area (Å²) in [6, 6.07) is 12.8. The Balaban J connectivity index is 1.58.